The quantitative estimate of drug-likeness (QED) is 0.131. The lowest BCUT2D eigenvalue weighted by Gasteiger charge is -2.11. The van der Waals surface area contributed by atoms with Crippen LogP contribution in [0.4, 0.5) is 0 Å². The number of carbonyl (C=O) groups excluding carboxylic acids is 4. The van der Waals surface area contributed by atoms with Gasteiger partial charge in [0.15, 0.2) is 0 Å². The number of amides is 4. The first-order valence-electron chi connectivity index (χ1n) is 18.3. The molecular formula is C44H57ClN4O4. The summed E-state index contributed by atoms with van der Waals surface area (Å²) in [6, 6.07) is 35.0. The van der Waals surface area contributed by atoms with Crippen molar-refractivity contribution in [1.82, 2.24) is 21.3 Å². The number of benzene rings is 4. The maximum Gasteiger partial charge on any atom is 0.217 e. The zero-order valence-electron chi connectivity index (χ0n) is 32.1. The Kier molecular flexibility index (Phi) is 20.9. The van der Waals surface area contributed by atoms with Gasteiger partial charge in [-0.1, -0.05) is 116 Å². The summed E-state index contributed by atoms with van der Waals surface area (Å²) in [5.74, 6) is 0.523. The molecule has 0 spiro atoms. The second kappa shape index (κ2) is 25.1. The van der Waals surface area contributed by atoms with Crippen molar-refractivity contribution in [3.05, 3.63) is 142 Å². The molecule has 0 saturated heterocycles. The molecule has 0 saturated carbocycles. The summed E-state index contributed by atoms with van der Waals surface area (Å²) in [5, 5.41) is 12.0. The van der Waals surface area contributed by atoms with Gasteiger partial charge in [-0.2, -0.15) is 0 Å². The van der Waals surface area contributed by atoms with E-state index >= 15 is 0 Å². The molecule has 0 fully saturated rings. The number of halogens is 1. The van der Waals surface area contributed by atoms with E-state index in [1.54, 1.807) is 13.8 Å². The van der Waals surface area contributed by atoms with Gasteiger partial charge in [0.2, 0.25) is 23.6 Å². The summed E-state index contributed by atoms with van der Waals surface area (Å²) in [6.07, 6.45) is 4.79. The van der Waals surface area contributed by atoms with E-state index in [2.05, 4.69) is 95.8 Å². The van der Waals surface area contributed by atoms with Gasteiger partial charge in [-0.05, 0) is 83.5 Å². The summed E-state index contributed by atoms with van der Waals surface area (Å²) in [5.41, 5.74) is 7.82. The minimum Gasteiger partial charge on any atom is -0.356 e. The van der Waals surface area contributed by atoms with Gasteiger partial charge in [0, 0.05) is 58.4 Å². The van der Waals surface area contributed by atoms with Crippen LogP contribution in [0.25, 0.3) is 0 Å². The first kappa shape index (κ1) is 44.2. The van der Waals surface area contributed by atoms with Crippen molar-refractivity contribution in [2.24, 2.45) is 0 Å². The Hall–Kier alpha value is -4.95. The van der Waals surface area contributed by atoms with E-state index in [0.717, 1.165) is 43.7 Å². The Morgan fingerprint density at radius 2 is 1.04 bits per heavy atom. The zero-order valence-corrected chi connectivity index (χ0v) is 32.9. The molecule has 0 aromatic heterocycles. The Morgan fingerprint density at radius 1 is 0.604 bits per heavy atom. The van der Waals surface area contributed by atoms with Crippen LogP contribution >= 0.6 is 11.6 Å². The van der Waals surface area contributed by atoms with E-state index in [-0.39, 0.29) is 23.6 Å². The number of hydrogen-bond donors (Lipinski definition) is 4. The van der Waals surface area contributed by atoms with E-state index in [1.165, 1.54) is 47.2 Å². The van der Waals surface area contributed by atoms with Crippen LogP contribution in [-0.4, -0.2) is 49.3 Å². The van der Waals surface area contributed by atoms with Crippen LogP contribution in [0.2, 0.25) is 5.02 Å². The van der Waals surface area contributed by atoms with Gasteiger partial charge in [-0.3, -0.25) is 19.2 Å². The predicted molar refractivity (Wildman–Crippen MR) is 217 cm³/mol. The summed E-state index contributed by atoms with van der Waals surface area (Å²) in [7, 11) is 0. The van der Waals surface area contributed by atoms with E-state index in [1.807, 2.05) is 42.5 Å². The lowest BCUT2D eigenvalue weighted by atomic mass is 10.0. The summed E-state index contributed by atoms with van der Waals surface area (Å²) >= 11 is 5.73. The van der Waals surface area contributed by atoms with Crippen molar-refractivity contribution in [3.63, 3.8) is 0 Å². The van der Waals surface area contributed by atoms with Gasteiger partial charge in [-0.15, -0.1) is 0 Å². The van der Waals surface area contributed by atoms with Gasteiger partial charge in [0.1, 0.15) is 0 Å². The smallest absolute Gasteiger partial charge is 0.217 e. The maximum absolute atomic E-state index is 10.8. The van der Waals surface area contributed by atoms with Gasteiger partial charge in [0.05, 0.1) is 0 Å². The molecule has 284 valence electrons. The molecule has 1 atom stereocenters. The average molecular weight is 741 g/mol. The van der Waals surface area contributed by atoms with Gasteiger partial charge in [-0.25, -0.2) is 0 Å². The fourth-order valence-corrected chi connectivity index (χ4v) is 5.63. The molecule has 4 aromatic rings. The molecule has 4 amide bonds. The molecule has 9 heteroatoms. The Balaban J connectivity index is 0.000000245. The largest absolute Gasteiger partial charge is 0.356 e. The standard InChI is InChI=1S/C12H17NO.C11H13NO.C11H15NO.C10H12ClNO/c1-3-11-4-6-12(7-5-11)8-9-13-10(2)14;1-8(13)12-11-6-9-4-2-3-5-10(9)7-11;1-9(8-12-10(2)13)11-6-4-3-5-7-11;1-8(13)12-7-6-9-2-4-10(11)5-3-9/h4-7H,3,8-9H2,1-2H3,(H,13,14);2-5,11H,6-7H2,1H3,(H,12,13);3-7,9H,8H2,1-2H3,(H,12,13);2-5H,6-7H2,1H3,(H,12,13). The summed E-state index contributed by atoms with van der Waals surface area (Å²) < 4.78 is 0. The molecule has 4 N–H and O–H groups in total. The molecule has 0 aliphatic heterocycles. The third-order valence-electron chi connectivity index (χ3n) is 8.40. The van der Waals surface area contributed by atoms with Crippen molar-refractivity contribution in [2.75, 3.05) is 19.6 Å². The minimum absolute atomic E-state index is 0.00830. The zero-order chi connectivity index (χ0) is 39.0. The second-order valence-corrected chi connectivity index (χ2v) is 13.5. The predicted octanol–water partition coefficient (Wildman–Crippen LogP) is 7.16. The van der Waals surface area contributed by atoms with E-state index < -0.39 is 0 Å². The fourth-order valence-electron chi connectivity index (χ4n) is 5.50. The van der Waals surface area contributed by atoms with Crippen molar-refractivity contribution < 1.29 is 19.2 Å². The monoisotopic (exact) mass is 740 g/mol. The van der Waals surface area contributed by atoms with E-state index in [0.29, 0.717) is 25.0 Å². The molecule has 1 aliphatic rings. The Morgan fingerprint density at radius 3 is 1.47 bits per heavy atom. The summed E-state index contributed by atoms with van der Waals surface area (Å²) in [4.78, 5) is 42.7. The molecule has 1 unspecified atom stereocenters. The van der Waals surface area contributed by atoms with E-state index in [4.69, 9.17) is 11.6 Å². The number of aryl methyl sites for hydroxylation is 1. The lowest BCUT2D eigenvalue weighted by molar-refractivity contribution is -0.120. The van der Waals surface area contributed by atoms with Crippen LogP contribution in [-0.2, 0) is 51.3 Å². The highest BCUT2D eigenvalue weighted by Crippen LogP contribution is 2.21. The molecule has 0 heterocycles. The highest BCUT2D eigenvalue weighted by atomic mass is 35.5. The first-order valence-corrected chi connectivity index (χ1v) is 18.7. The number of hydrogen-bond acceptors (Lipinski definition) is 4. The van der Waals surface area contributed by atoms with Crippen molar-refractivity contribution in [1.29, 1.82) is 0 Å². The molecular weight excluding hydrogens is 684 g/mol. The maximum atomic E-state index is 10.8. The molecule has 8 nitrogen and oxygen atoms in total. The lowest BCUT2D eigenvalue weighted by Crippen LogP contribution is -2.33. The molecule has 5 rings (SSSR count). The number of carbonyl (C=O) groups is 4. The van der Waals surface area contributed by atoms with Gasteiger partial charge >= 0.3 is 0 Å². The second-order valence-electron chi connectivity index (χ2n) is 13.1. The van der Waals surface area contributed by atoms with Crippen molar-refractivity contribution in [3.8, 4) is 0 Å². The van der Waals surface area contributed by atoms with E-state index in [9.17, 15) is 19.2 Å². The number of nitrogens with one attached hydrogen (secondary N) is 4. The van der Waals surface area contributed by atoms with Crippen molar-refractivity contribution in [2.45, 2.75) is 85.6 Å². The fraction of sp³-hybridized carbons (Fsp3) is 0.364. The van der Waals surface area contributed by atoms with Crippen LogP contribution in [0.1, 0.15) is 80.8 Å². The van der Waals surface area contributed by atoms with Crippen molar-refractivity contribution >= 4 is 35.2 Å². The highest BCUT2D eigenvalue weighted by Gasteiger charge is 2.20. The van der Waals surface area contributed by atoms with Crippen LogP contribution in [0.15, 0.2) is 103 Å². The molecule has 53 heavy (non-hydrogen) atoms. The molecule has 1 aliphatic carbocycles. The van der Waals surface area contributed by atoms with Gasteiger partial charge in [0.25, 0.3) is 0 Å². The number of fused-ring (bicyclic) bond motifs is 1. The number of rotatable bonds is 11. The third kappa shape index (κ3) is 20.0. The molecule has 0 radical (unpaired) electrons. The Bertz CT molecular complexity index is 1650. The van der Waals surface area contributed by atoms with Gasteiger partial charge < -0.3 is 21.3 Å². The van der Waals surface area contributed by atoms with Crippen LogP contribution < -0.4 is 21.3 Å². The average Bonchev–Trinajstić information content (AvgIpc) is 3.54. The molecule has 4 aromatic carbocycles. The van der Waals surface area contributed by atoms with Crippen LogP contribution in [0, 0.1) is 0 Å². The highest BCUT2D eigenvalue weighted by molar-refractivity contribution is 6.30. The first-order chi connectivity index (χ1) is 25.4. The van der Waals surface area contributed by atoms with Crippen LogP contribution in [0.3, 0.4) is 0 Å². The normalized spacial score (nSPS) is 11.8. The SMILES string of the molecule is CC(=O)NC1Cc2ccccc2C1.CC(=O)NCC(C)c1ccccc1.CC(=O)NCCc1ccc(Cl)cc1.CCc1ccc(CCNC(C)=O)cc1. The molecule has 0 bridgehead atoms. The Labute approximate surface area is 321 Å². The summed E-state index contributed by atoms with van der Waals surface area (Å²) in [6.45, 7) is 12.5. The third-order valence-corrected chi connectivity index (χ3v) is 8.66. The van der Waals surface area contributed by atoms with Crippen LogP contribution in [0.5, 0.6) is 0 Å². The minimum atomic E-state index is 0.00830. The topological polar surface area (TPSA) is 116 Å².